The molecule has 1 heterocycles. The lowest BCUT2D eigenvalue weighted by molar-refractivity contribution is 1.03. The predicted octanol–water partition coefficient (Wildman–Crippen LogP) is 2.85. The fourth-order valence-corrected chi connectivity index (χ4v) is 1.95. The van der Waals surface area contributed by atoms with Crippen molar-refractivity contribution >= 4 is 5.82 Å². The Balaban J connectivity index is 2.46. The monoisotopic (exact) mass is 227 g/mol. The van der Waals surface area contributed by atoms with Crippen LogP contribution in [-0.2, 0) is 12.8 Å². The molecule has 2 aromatic rings. The average Bonchev–Trinajstić information content (AvgIpc) is 2.38. The molecule has 0 bridgehead atoms. The second-order valence-corrected chi connectivity index (χ2v) is 4.00. The van der Waals surface area contributed by atoms with Crippen molar-refractivity contribution in [1.29, 1.82) is 0 Å². The Kier molecular flexibility index (Phi) is 3.38. The van der Waals surface area contributed by atoms with Crippen molar-refractivity contribution < 1.29 is 0 Å². The van der Waals surface area contributed by atoms with Crippen molar-refractivity contribution in [3.8, 4) is 11.4 Å². The molecule has 3 nitrogen and oxygen atoms in total. The quantitative estimate of drug-likeness (QED) is 0.877. The Morgan fingerprint density at radius 3 is 2.47 bits per heavy atom. The highest BCUT2D eigenvalue weighted by Crippen LogP contribution is 2.20. The lowest BCUT2D eigenvalue weighted by Gasteiger charge is -2.08. The Morgan fingerprint density at radius 1 is 1.06 bits per heavy atom. The molecule has 0 aliphatic heterocycles. The molecule has 0 aliphatic carbocycles. The Morgan fingerprint density at radius 2 is 1.82 bits per heavy atom. The van der Waals surface area contributed by atoms with Crippen molar-refractivity contribution in [2.75, 3.05) is 5.73 Å². The fourth-order valence-electron chi connectivity index (χ4n) is 1.95. The molecule has 88 valence electrons. The van der Waals surface area contributed by atoms with E-state index in [9.17, 15) is 0 Å². The molecule has 2 rings (SSSR count). The summed E-state index contributed by atoms with van der Waals surface area (Å²) in [5.41, 5.74) is 9.45. The van der Waals surface area contributed by atoms with E-state index in [-0.39, 0.29) is 0 Å². The molecule has 17 heavy (non-hydrogen) atoms. The maximum atomic E-state index is 5.67. The molecule has 2 N–H and O–H groups in total. The molecule has 3 heteroatoms. The van der Waals surface area contributed by atoms with E-state index in [1.807, 2.05) is 0 Å². The molecule has 0 aliphatic rings. The molecule has 0 saturated heterocycles. The number of hydrogen-bond donors (Lipinski definition) is 1. The molecule has 0 unspecified atom stereocenters. The van der Waals surface area contributed by atoms with Crippen LogP contribution in [0.4, 0.5) is 5.82 Å². The Bertz CT molecular complexity index is 521. The van der Waals surface area contributed by atoms with Crippen LogP contribution in [0, 0.1) is 0 Å². The van der Waals surface area contributed by atoms with Crippen molar-refractivity contribution in [3.63, 3.8) is 0 Å². The molecule has 0 spiro atoms. The van der Waals surface area contributed by atoms with Crippen molar-refractivity contribution in [1.82, 2.24) is 9.97 Å². The molecule has 0 atom stereocenters. The first-order chi connectivity index (χ1) is 8.24. The predicted molar refractivity (Wildman–Crippen MR) is 70.6 cm³/mol. The molecule has 0 radical (unpaired) electrons. The van der Waals surface area contributed by atoms with Gasteiger partial charge in [-0.1, -0.05) is 26.0 Å². The second-order valence-electron chi connectivity index (χ2n) is 4.00. The summed E-state index contributed by atoms with van der Waals surface area (Å²) in [5.74, 6) is 1.20. The first-order valence-corrected chi connectivity index (χ1v) is 5.95. The fraction of sp³-hybridized carbons (Fsp3) is 0.286. The van der Waals surface area contributed by atoms with E-state index in [1.54, 1.807) is 12.3 Å². The molecule has 0 fully saturated rings. The summed E-state index contributed by atoms with van der Waals surface area (Å²) in [6.45, 7) is 4.34. The smallest absolute Gasteiger partial charge is 0.161 e. The lowest BCUT2D eigenvalue weighted by Crippen LogP contribution is -1.96. The van der Waals surface area contributed by atoms with E-state index in [4.69, 9.17) is 5.73 Å². The zero-order valence-electron chi connectivity index (χ0n) is 10.3. The molecule has 1 aromatic heterocycles. The van der Waals surface area contributed by atoms with Gasteiger partial charge in [0.15, 0.2) is 5.82 Å². The van der Waals surface area contributed by atoms with Gasteiger partial charge in [-0.2, -0.15) is 0 Å². The minimum Gasteiger partial charge on any atom is -0.384 e. The Labute approximate surface area is 102 Å². The number of rotatable bonds is 3. The summed E-state index contributed by atoms with van der Waals surface area (Å²) in [4.78, 5) is 8.49. The van der Waals surface area contributed by atoms with Gasteiger partial charge >= 0.3 is 0 Å². The summed E-state index contributed by atoms with van der Waals surface area (Å²) in [5, 5.41) is 0. The van der Waals surface area contributed by atoms with Gasteiger partial charge in [-0.3, -0.25) is 0 Å². The highest BCUT2D eigenvalue weighted by atomic mass is 14.9. The summed E-state index contributed by atoms with van der Waals surface area (Å²) < 4.78 is 0. The molecular formula is C14H17N3. The van der Waals surface area contributed by atoms with E-state index in [1.165, 1.54) is 11.1 Å². The SMILES string of the molecule is CCc1ccc(-c2nccc(N)n2)cc1CC. The molecular weight excluding hydrogens is 210 g/mol. The Hall–Kier alpha value is -1.90. The van der Waals surface area contributed by atoms with Crippen LogP contribution in [0.5, 0.6) is 0 Å². The van der Waals surface area contributed by atoms with Crippen LogP contribution in [-0.4, -0.2) is 9.97 Å². The van der Waals surface area contributed by atoms with Crippen LogP contribution >= 0.6 is 0 Å². The number of nitrogen functional groups attached to an aromatic ring is 1. The van der Waals surface area contributed by atoms with Crippen LogP contribution in [0.15, 0.2) is 30.5 Å². The average molecular weight is 227 g/mol. The minimum atomic E-state index is 0.507. The van der Waals surface area contributed by atoms with Crippen LogP contribution in [0.3, 0.4) is 0 Å². The van der Waals surface area contributed by atoms with E-state index < -0.39 is 0 Å². The van der Waals surface area contributed by atoms with E-state index in [0.717, 1.165) is 18.4 Å². The van der Waals surface area contributed by atoms with Crippen molar-refractivity contribution in [2.45, 2.75) is 26.7 Å². The third kappa shape index (κ3) is 2.44. The summed E-state index contributed by atoms with van der Waals surface area (Å²) in [6, 6.07) is 8.08. The summed E-state index contributed by atoms with van der Waals surface area (Å²) in [6.07, 6.45) is 3.78. The third-order valence-corrected chi connectivity index (χ3v) is 2.90. The number of benzene rings is 1. The van der Waals surface area contributed by atoms with E-state index in [0.29, 0.717) is 11.6 Å². The molecule has 0 saturated carbocycles. The van der Waals surface area contributed by atoms with Gasteiger partial charge in [0.2, 0.25) is 0 Å². The first kappa shape index (κ1) is 11.6. The number of hydrogen-bond acceptors (Lipinski definition) is 3. The van der Waals surface area contributed by atoms with Gasteiger partial charge in [0.1, 0.15) is 5.82 Å². The van der Waals surface area contributed by atoms with Crippen LogP contribution in [0.1, 0.15) is 25.0 Å². The largest absolute Gasteiger partial charge is 0.384 e. The van der Waals surface area contributed by atoms with Gasteiger partial charge < -0.3 is 5.73 Å². The normalized spacial score (nSPS) is 10.5. The van der Waals surface area contributed by atoms with Crippen LogP contribution < -0.4 is 5.73 Å². The van der Waals surface area contributed by atoms with Gasteiger partial charge in [-0.15, -0.1) is 0 Å². The van der Waals surface area contributed by atoms with Crippen LogP contribution in [0.2, 0.25) is 0 Å². The zero-order valence-corrected chi connectivity index (χ0v) is 10.3. The van der Waals surface area contributed by atoms with Crippen molar-refractivity contribution in [2.24, 2.45) is 0 Å². The van der Waals surface area contributed by atoms with Crippen molar-refractivity contribution in [3.05, 3.63) is 41.6 Å². The second kappa shape index (κ2) is 4.95. The highest BCUT2D eigenvalue weighted by Gasteiger charge is 2.05. The number of aryl methyl sites for hydroxylation is 2. The van der Waals surface area contributed by atoms with E-state index in [2.05, 4.69) is 42.0 Å². The zero-order chi connectivity index (χ0) is 12.3. The summed E-state index contributed by atoms with van der Waals surface area (Å²) in [7, 11) is 0. The van der Waals surface area contributed by atoms with Gasteiger partial charge in [-0.25, -0.2) is 9.97 Å². The minimum absolute atomic E-state index is 0.507. The maximum absolute atomic E-state index is 5.67. The third-order valence-electron chi connectivity index (χ3n) is 2.90. The van der Waals surface area contributed by atoms with Gasteiger partial charge in [0.25, 0.3) is 0 Å². The van der Waals surface area contributed by atoms with Gasteiger partial charge in [-0.05, 0) is 36.1 Å². The molecule has 0 amide bonds. The molecule has 1 aromatic carbocycles. The number of nitrogens with zero attached hydrogens (tertiary/aromatic N) is 2. The summed E-state index contributed by atoms with van der Waals surface area (Å²) >= 11 is 0. The van der Waals surface area contributed by atoms with Gasteiger partial charge in [0.05, 0.1) is 0 Å². The van der Waals surface area contributed by atoms with Crippen LogP contribution in [0.25, 0.3) is 11.4 Å². The highest BCUT2D eigenvalue weighted by molar-refractivity contribution is 5.58. The number of nitrogens with two attached hydrogens (primary N) is 1. The van der Waals surface area contributed by atoms with Gasteiger partial charge in [0, 0.05) is 11.8 Å². The first-order valence-electron chi connectivity index (χ1n) is 5.95. The lowest BCUT2D eigenvalue weighted by atomic mass is 10.00. The van der Waals surface area contributed by atoms with E-state index >= 15 is 0 Å². The topological polar surface area (TPSA) is 51.8 Å². The standard InChI is InChI=1S/C14H17N3/c1-3-10-5-6-12(9-11(10)4-2)14-16-8-7-13(15)17-14/h5-9H,3-4H2,1-2H3,(H2,15,16,17). The maximum Gasteiger partial charge on any atom is 0.161 e. The number of aromatic nitrogens is 2. The number of anilines is 1.